The number of anilines is 2. The zero-order chi connectivity index (χ0) is 24.7. The third-order valence-electron chi connectivity index (χ3n) is 6.30. The molecule has 4 aromatic rings. The SMILES string of the molecule is COc1ccc(C(=N)c2c(N)ncnc2NC(C)c2nc3ccccc3c(=O)n2C2CC2)cc1C. The summed E-state index contributed by atoms with van der Waals surface area (Å²) in [4.78, 5) is 26.7. The van der Waals surface area contributed by atoms with Gasteiger partial charge in [0, 0.05) is 11.6 Å². The van der Waals surface area contributed by atoms with Gasteiger partial charge in [0.25, 0.3) is 5.56 Å². The highest BCUT2D eigenvalue weighted by molar-refractivity contribution is 6.16. The number of para-hydroxylation sites is 1. The van der Waals surface area contributed by atoms with E-state index in [1.54, 1.807) is 11.7 Å². The van der Waals surface area contributed by atoms with E-state index < -0.39 is 0 Å². The van der Waals surface area contributed by atoms with E-state index >= 15 is 0 Å². The molecule has 0 aliphatic heterocycles. The van der Waals surface area contributed by atoms with Crippen molar-refractivity contribution in [3.63, 3.8) is 0 Å². The van der Waals surface area contributed by atoms with Gasteiger partial charge in [-0.05, 0) is 62.6 Å². The molecule has 2 aromatic heterocycles. The lowest BCUT2D eigenvalue weighted by atomic mass is 10.0. The molecule has 5 rings (SSSR count). The predicted octanol–water partition coefficient (Wildman–Crippen LogP) is 4.01. The molecule has 0 bridgehead atoms. The van der Waals surface area contributed by atoms with Gasteiger partial charge in [-0.15, -0.1) is 0 Å². The number of aromatic nitrogens is 4. The number of aryl methyl sites for hydroxylation is 1. The Hall–Kier alpha value is -4.27. The van der Waals surface area contributed by atoms with Crippen molar-refractivity contribution in [3.05, 3.63) is 81.7 Å². The van der Waals surface area contributed by atoms with Gasteiger partial charge in [-0.1, -0.05) is 12.1 Å². The minimum absolute atomic E-state index is 0.0365. The fourth-order valence-electron chi connectivity index (χ4n) is 4.36. The van der Waals surface area contributed by atoms with E-state index in [4.69, 9.17) is 20.9 Å². The van der Waals surface area contributed by atoms with E-state index in [0.717, 1.165) is 24.2 Å². The quantitative estimate of drug-likeness (QED) is 0.348. The molecule has 0 spiro atoms. The van der Waals surface area contributed by atoms with Gasteiger partial charge in [0.15, 0.2) is 0 Å². The number of benzene rings is 2. The van der Waals surface area contributed by atoms with Gasteiger partial charge < -0.3 is 15.8 Å². The Morgan fingerprint density at radius 1 is 1.23 bits per heavy atom. The molecule has 9 nitrogen and oxygen atoms in total. The first-order chi connectivity index (χ1) is 16.9. The average molecular weight is 470 g/mol. The van der Waals surface area contributed by atoms with Gasteiger partial charge in [-0.2, -0.15) is 0 Å². The normalized spacial score (nSPS) is 14.0. The first-order valence-corrected chi connectivity index (χ1v) is 11.5. The van der Waals surface area contributed by atoms with E-state index in [1.807, 2.05) is 56.3 Å². The van der Waals surface area contributed by atoms with Crippen molar-refractivity contribution in [1.82, 2.24) is 19.5 Å². The molecule has 1 fully saturated rings. The molecule has 1 aliphatic rings. The van der Waals surface area contributed by atoms with Crippen LogP contribution >= 0.6 is 0 Å². The predicted molar refractivity (Wildman–Crippen MR) is 136 cm³/mol. The van der Waals surface area contributed by atoms with Crippen molar-refractivity contribution in [1.29, 1.82) is 5.41 Å². The Morgan fingerprint density at radius 2 is 2.00 bits per heavy atom. The second-order valence-electron chi connectivity index (χ2n) is 8.80. The molecule has 0 radical (unpaired) electrons. The van der Waals surface area contributed by atoms with Crippen LogP contribution in [0.15, 0.2) is 53.6 Å². The number of nitrogens with two attached hydrogens (primary N) is 1. The lowest BCUT2D eigenvalue weighted by Crippen LogP contribution is -2.28. The molecule has 1 atom stereocenters. The fourth-order valence-corrected chi connectivity index (χ4v) is 4.36. The van der Waals surface area contributed by atoms with E-state index in [0.29, 0.717) is 33.7 Å². The van der Waals surface area contributed by atoms with Crippen LogP contribution < -0.4 is 21.3 Å². The summed E-state index contributed by atoms with van der Waals surface area (Å²) in [7, 11) is 1.61. The number of nitrogens with zero attached hydrogens (tertiary/aromatic N) is 4. The Bertz CT molecular complexity index is 1510. The molecule has 35 heavy (non-hydrogen) atoms. The number of hydrogen-bond acceptors (Lipinski definition) is 8. The van der Waals surface area contributed by atoms with E-state index in [-0.39, 0.29) is 29.2 Å². The van der Waals surface area contributed by atoms with Crippen LogP contribution in [0.4, 0.5) is 11.6 Å². The van der Waals surface area contributed by atoms with Crippen LogP contribution in [0.25, 0.3) is 10.9 Å². The first-order valence-electron chi connectivity index (χ1n) is 11.5. The summed E-state index contributed by atoms with van der Waals surface area (Å²) >= 11 is 0. The monoisotopic (exact) mass is 469 g/mol. The lowest BCUT2D eigenvalue weighted by Gasteiger charge is -2.21. The van der Waals surface area contributed by atoms with Gasteiger partial charge in [0.2, 0.25) is 0 Å². The van der Waals surface area contributed by atoms with Crippen molar-refractivity contribution in [3.8, 4) is 5.75 Å². The third kappa shape index (κ3) is 4.09. The molecular formula is C26H27N7O2. The summed E-state index contributed by atoms with van der Waals surface area (Å²) in [5.74, 6) is 1.98. The summed E-state index contributed by atoms with van der Waals surface area (Å²) in [6, 6.07) is 12.7. The van der Waals surface area contributed by atoms with Gasteiger partial charge >= 0.3 is 0 Å². The summed E-state index contributed by atoms with van der Waals surface area (Å²) in [5, 5.41) is 12.8. The maximum Gasteiger partial charge on any atom is 0.261 e. The Morgan fingerprint density at radius 3 is 2.71 bits per heavy atom. The first kappa shape index (κ1) is 22.5. The van der Waals surface area contributed by atoms with Gasteiger partial charge in [-0.3, -0.25) is 14.8 Å². The van der Waals surface area contributed by atoms with Gasteiger partial charge in [-0.25, -0.2) is 15.0 Å². The molecule has 1 unspecified atom stereocenters. The molecule has 0 amide bonds. The zero-order valence-corrected chi connectivity index (χ0v) is 19.9. The second kappa shape index (κ2) is 8.83. The molecule has 2 aromatic carbocycles. The molecule has 1 aliphatic carbocycles. The van der Waals surface area contributed by atoms with E-state index in [2.05, 4.69) is 15.3 Å². The standard InChI is InChI=1S/C26H27N7O2/c1-14-12-16(8-11-20(14)35-3)22(27)21-23(28)29-13-30-24(21)31-15(2)25-32-19-7-5-4-6-18(19)26(34)33(25)17-9-10-17/h4-8,11-13,15,17,27H,9-10H2,1-3H3,(H3,28,29,30,31). The Kier molecular flexibility index (Phi) is 5.68. The molecule has 9 heteroatoms. The summed E-state index contributed by atoms with van der Waals surface area (Å²) in [6.45, 7) is 3.85. The molecule has 0 saturated heterocycles. The van der Waals surface area contributed by atoms with Crippen molar-refractivity contribution < 1.29 is 4.74 Å². The molecule has 178 valence electrons. The second-order valence-corrected chi connectivity index (χ2v) is 8.80. The Balaban J connectivity index is 1.55. The van der Waals surface area contributed by atoms with Crippen LogP contribution in [-0.2, 0) is 0 Å². The van der Waals surface area contributed by atoms with Crippen LogP contribution in [0.5, 0.6) is 5.75 Å². The van der Waals surface area contributed by atoms with Gasteiger partial charge in [0.1, 0.15) is 29.5 Å². The maximum atomic E-state index is 13.3. The molecular weight excluding hydrogens is 442 g/mol. The number of nitrogen functional groups attached to an aromatic ring is 1. The molecule has 4 N–H and O–H groups in total. The van der Waals surface area contributed by atoms with Crippen LogP contribution in [0.1, 0.15) is 54.4 Å². The summed E-state index contributed by atoms with van der Waals surface area (Å²) in [5.41, 5.74) is 9.00. The highest BCUT2D eigenvalue weighted by Gasteiger charge is 2.30. The van der Waals surface area contributed by atoms with Crippen LogP contribution in [-0.4, -0.2) is 32.3 Å². The minimum atomic E-state index is -0.369. The van der Waals surface area contributed by atoms with Gasteiger partial charge in [0.05, 0.1) is 35.3 Å². The largest absolute Gasteiger partial charge is 0.496 e. The van der Waals surface area contributed by atoms with Crippen molar-refractivity contribution >= 4 is 28.3 Å². The van der Waals surface area contributed by atoms with E-state index in [9.17, 15) is 4.79 Å². The number of rotatable bonds is 7. The van der Waals surface area contributed by atoms with E-state index in [1.165, 1.54) is 6.33 Å². The summed E-state index contributed by atoms with van der Waals surface area (Å²) < 4.78 is 7.14. The molecule has 2 heterocycles. The van der Waals surface area contributed by atoms with Crippen LogP contribution in [0.3, 0.4) is 0 Å². The smallest absolute Gasteiger partial charge is 0.261 e. The van der Waals surface area contributed by atoms with Crippen molar-refractivity contribution in [2.45, 2.75) is 38.8 Å². The fraction of sp³-hybridized carbons (Fsp3) is 0.269. The topological polar surface area (TPSA) is 132 Å². The van der Waals surface area contributed by atoms with Crippen molar-refractivity contribution in [2.75, 3.05) is 18.2 Å². The number of nitrogens with one attached hydrogen (secondary N) is 2. The number of hydrogen-bond donors (Lipinski definition) is 3. The maximum absolute atomic E-state index is 13.3. The lowest BCUT2D eigenvalue weighted by molar-refractivity contribution is 0.411. The molecule has 1 saturated carbocycles. The van der Waals surface area contributed by atoms with Crippen molar-refractivity contribution in [2.24, 2.45) is 0 Å². The highest BCUT2D eigenvalue weighted by Crippen LogP contribution is 2.36. The number of ether oxygens (including phenoxy) is 1. The number of methoxy groups -OCH3 is 1. The third-order valence-corrected chi connectivity index (χ3v) is 6.30. The summed E-state index contributed by atoms with van der Waals surface area (Å²) in [6.07, 6.45) is 3.27. The minimum Gasteiger partial charge on any atom is -0.496 e. The number of fused-ring (bicyclic) bond motifs is 1. The van der Waals surface area contributed by atoms with Crippen LogP contribution in [0.2, 0.25) is 0 Å². The highest BCUT2D eigenvalue weighted by atomic mass is 16.5. The average Bonchev–Trinajstić information content (AvgIpc) is 3.69. The zero-order valence-electron chi connectivity index (χ0n) is 19.9. The van der Waals surface area contributed by atoms with Crippen LogP contribution in [0, 0.1) is 12.3 Å². The Labute approximate surface area is 202 Å².